The fourth-order valence-electron chi connectivity index (χ4n) is 7.02. The number of unbranched alkanes of at least 4 members (excludes halogenated alkanes) is 31. The van der Waals surface area contributed by atoms with Crippen LogP contribution in [-0.4, -0.2) is 47.8 Å². The topological polar surface area (TPSA) is 131 Å². The van der Waals surface area contributed by atoms with Gasteiger partial charge in [0, 0.05) is 13.0 Å². The number of hydrogen-bond donors (Lipinski definition) is 4. The lowest BCUT2D eigenvalue weighted by Gasteiger charge is -2.25. The Morgan fingerprint density at radius 3 is 1.23 bits per heavy atom. The van der Waals surface area contributed by atoms with Gasteiger partial charge in [0.2, 0.25) is 5.91 Å². The smallest absolute Gasteiger partial charge is 0.391 e. The van der Waals surface area contributed by atoms with Gasteiger partial charge in [-0.2, -0.15) is 0 Å². The summed E-state index contributed by atoms with van der Waals surface area (Å²) in [5, 5.41) is 13.8. The van der Waals surface area contributed by atoms with E-state index in [1.54, 1.807) is 0 Å². The molecule has 0 radical (unpaired) electrons. The molecule has 0 saturated heterocycles. The summed E-state index contributed by atoms with van der Waals surface area (Å²) in [5.41, 5.74) is 5.38. The SMILES string of the molecule is CCCCCCCCCCCCCCCCCCCCCCCCC(=O)N[C@@H](COP(=O)(O)OCCN)[C@H](O)CCCCCCCCCCCCC. The quantitative estimate of drug-likeness (QED) is 0.0359. The first kappa shape index (κ1) is 51.5. The van der Waals surface area contributed by atoms with E-state index >= 15 is 0 Å². The second kappa shape index (κ2) is 40.2. The number of phosphoric acid groups is 1. The normalized spacial score (nSPS) is 14.0. The minimum Gasteiger partial charge on any atom is -0.391 e. The zero-order chi connectivity index (χ0) is 38.2. The van der Waals surface area contributed by atoms with Gasteiger partial charge in [0.1, 0.15) is 0 Å². The number of hydrogen-bond acceptors (Lipinski definition) is 6. The summed E-state index contributed by atoms with van der Waals surface area (Å²) in [5.74, 6) is -0.157. The standard InChI is InChI=1S/C43H89N2O6P/c1-3-5-7-9-11-13-15-16-17-18-19-20-21-22-23-24-25-27-29-31-33-35-37-43(47)45-41(40-51-52(48,49)50-39-38-44)42(46)36-34-32-30-28-26-14-12-10-8-6-4-2/h41-42,46H,3-40,44H2,1-2H3,(H,45,47)(H,48,49)/t41-,42+/m0/s1. The second-order valence-electron chi connectivity index (χ2n) is 15.6. The molecule has 5 N–H and O–H groups in total. The Morgan fingerprint density at radius 1 is 0.558 bits per heavy atom. The van der Waals surface area contributed by atoms with Crippen molar-refractivity contribution >= 4 is 13.7 Å². The van der Waals surface area contributed by atoms with Crippen molar-refractivity contribution < 1.29 is 28.4 Å². The van der Waals surface area contributed by atoms with Crippen LogP contribution in [0.15, 0.2) is 0 Å². The average Bonchev–Trinajstić information content (AvgIpc) is 3.13. The van der Waals surface area contributed by atoms with Crippen LogP contribution in [0.5, 0.6) is 0 Å². The molecule has 312 valence electrons. The first-order chi connectivity index (χ1) is 25.4. The van der Waals surface area contributed by atoms with Gasteiger partial charge in [-0.15, -0.1) is 0 Å². The highest BCUT2D eigenvalue weighted by molar-refractivity contribution is 7.47. The molecule has 52 heavy (non-hydrogen) atoms. The van der Waals surface area contributed by atoms with Gasteiger partial charge in [-0.05, 0) is 12.8 Å². The third kappa shape index (κ3) is 37.8. The molecule has 0 aliphatic rings. The highest BCUT2D eigenvalue weighted by atomic mass is 31.2. The number of aliphatic hydroxyl groups is 1. The summed E-state index contributed by atoms with van der Waals surface area (Å²) in [6.45, 7) is 4.23. The summed E-state index contributed by atoms with van der Waals surface area (Å²) in [6, 6.07) is -0.766. The summed E-state index contributed by atoms with van der Waals surface area (Å²) in [6.07, 6.45) is 42.6. The molecule has 0 rings (SSSR count). The van der Waals surface area contributed by atoms with Gasteiger partial charge in [0.25, 0.3) is 0 Å². The van der Waals surface area contributed by atoms with Crippen molar-refractivity contribution in [2.45, 2.75) is 251 Å². The number of rotatable bonds is 43. The van der Waals surface area contributed by atoms with E-state index in [0.29, 0.717) is 12.8 Å². The zero-order valence-corrected chi connectivity index (χ0v) is 35.5. The molecule has 0 bridgehead atoms. The summed E-state index contributed by atoms with van der Waals surface area (Å²) < 4.78 is 22.2. The van der Waals surface area contributed by atoms with Gasteiger partial charge in [-0.3, -0.25) is 13.8 Å². The Hall–Kier alpha value is -0.500. The van der Waals surface area contributed by atoms with Gasteiger partial charge in [0.15, 0.2) is 0 Å². The van der Waals surface area contributed by atoms with Crippen molar-refractivity contribution in [3.05, 3.63) is 0 Å². The third-order valence-electron chi connectivity index (χ3n) is 10.5. The molecular formula is C43H89N2O6P. The third-order valence-corrected chi connectivity index (χ3v) is 11.4. The Bertz CT molecular complexity index is 789. The monoisotopic (exact) mass is 761 g/mol. The van der Waals surface area contributed by atoms with Crippen molar-refractivity contribution in [2.24, 2.45) is 5.73 Å². The van der Waals surface area contributed by atoms with Crippen LogP contribution in [0.2, 0.25) is 0 Å². The lowest BCUT2D eigenvalue weighted by atomic mass is 10.0. The summed E-state index contributed by atoms with van der Waals surface area (Å²) in [7, 11) is -4.31. The van der Waals surface area contributed by atoms with Gasteiger partial charge in [0.05, 0.1) is 25.4 Å². The Kier molecular flexibility index (Phi) is 39.8. The number of carbonyl (C=O) groups excluding carboxylic acids is 1. The first-order valence-corrected chi connectivity index (χ1v) is 24.1. The molecule has 0 spiro atoms. The first-order valence-electron chi connectivity index (χ1n) is 22.7. The van der Waals surface area contributed by atoms with Gasteiger partial charge < -0.3 is 21.1 Å². The van der Waals surface area contributed by atoms with E-state index in [1.807, 2.05) is 0 Å². The largest absolute Gasteiger partial charge is 0.472 e. The molecule has 0 heterocycles. The van der Waals surface area contributed by atoms with Crippen molar-refractivity contribution in [3.63, 3.8) is 0 Å². The highest BCUT2D eigenvalue weighted by Gasteiger charge is 2.27. The molecule has 0 aromatic heterocycles. The molecular weight excluding hydrogens is 671 g/mol. The summed E-state index contributed by atoms with van der Waals surface area (Å²) >= 11 is 0. The van der Waals surface area contributed by atoms with E-state index in [-0.39, 0.29) is 25.7 Å². The minimum absolute atomic E-state index is 0.0924. The minimum atomic E-state index is -4.31. The van der Waals surface area contributed by atoms with E-state index in [4.69, 9.17) is 14.8 Å². The van der Waals surface area contributed by atoms with Crippen molar-refractivity contribution in [2.75, 3.05) is 19.8 Å². The number of phosphoric ester groups is 1. The maximum absolute atomic E-state index is 12.8. The summed E-state index contributed by atoms with van der Waals surface area (Å²) in [4.78, 5) is 22.7. The maximum atomic E-state index is 12.8. The molecule has 0 aromatic carbocycles. The molecule has 9 heteroatoms. The van der Waals surface area contributed by atoms with Crippen LogP contribution >= 0.6 is 7.82 Å². The van der Waals surface area contributed by atoms with Crippen LogP contribution in [0.4, 0.5) is 0 Å². The number of nitrogens with two attached hydrogens (primary N) is 1. The Labute approximate surface area is 322 Å². The van der Waals surface area contributed by atoms with E-state index in [1.165, 1.54) is 173 Å². The van der Waals surface area contributed by atoms with E-state index < -0.39 is 20.0 Å². The lowest BCUT2D eigenvalue weighted by molar-refractivity contribution is -0.123. The molecule has 0 aromatic rings. The lowest BCUT2D eigenvalue weighted by Crippen LogP contribution is -2.46. The van der Waals surface area contributed by atoms with Crippen LogP contribution < -0.4 is 11.1 Å². The van der Waals surface area contributed by atoms with Crippen molar-refractivity contribution in [1.82, 2.24) is 5.32 Å². The number of aliphatic hydroxyl groups excluding tert-OH is 1. The second-order valence-corrected chi connectivity index (χ2v) is 17.1. The average molecular weight is 761 g/mol. The van der Waals surface area contributed by atoms with Gasteiger partial charge >= 0.3 is 7.82 Å². The van der Waals surface area contributed by atoms with E-state index in [0.717, 1.165) is 38.5 Å². The molecule has 0 fully saturated rings. The van der Waals surface area contributed by atoms with Crippen molar-refractivity contribution in [1.29, 1.82) is 0 Å². The number of nitrogens with one attached hydrogen (secondary N) is 1. The molecule has 3 atom stereocenters. The fraction of sp³-hybridized carbons (Fsp3) is 0.977. The number of amides is 1. The predicted octanol–water partition coefficient (Wildman–Crippen LogP) is 12.6. The van der Waals surface area contributed by atoms with Crippen molar-refractivity contribution in [3.8, 4) is 0 Å². The zero-order valence-electron chi connectivity index (χ0n) is 34.6. The molecule has 0 saturated carbocycles. The Morgan fingerprint density at radius 2 is 0.885 bits per heavy atom. The van der Waals surface area contributed by atoms with Gasteiger partial charge in [-0.25, -0.2) is 4.57 Å². The predicted molar refractivity (Wildman–Crippen MR) is 222 cm³/mol. The van der Waals surface area contributed by atoms with Crippen LogP contribution in [0.3, 0.4) is 0 Å². The van der Waals surface area contributed by atoms with E-state index in [2.05, 4.69) is 19.2 Å². The number of carbonyl (C=O) groups is 1. The van der Waals surface area contributed by atoms with Crippen LogP contribution in [0, 0.1) is 0 Å². The molecule has 1 amide bonds. The van der Waals surface area contributed by atoms with Crippen LogP contribution in [0.25, 0.3) is 0 Å². The molecule has 8 nitrogen and oxygen atoms in total. The molecule has 0 aliphatic heterocycles. The maximum Gasteiger partial charge on any atom is 0.472 e. The fourth-order valence-corrected chi connectivity index (χ4v) is 7.78. The molecule has 1 unspecified atom stereocenters. The van der Waals surface area contributed by atoms with Crippen LogP contribution in [-0.2, 0) is 18.4 Å². The van der Waals surface area contributed by atoms with E-state index in [9.17, 15) is 19.4 Å². The van der Waals surface area contributed by atoms with Gasteiger partial charge in [-0.1, -0.05) is 219 Å². The van der Waals surface area contributed by atoms with Crippen LogP contribution in [0.1, 0.15) is 239 Å². The Balaban J connectivity index is 3.99. The molecule has 0 aliphatic carbocycles. The highest BCUT2D eigenvalue weighted by Crippen LogP contribution is 2.43.